The molecule has 0 aliphatic carbocycles. The third-order valence-corrected chi connectivity index (χ3v) is 8.02. The second-order valence-corrected chi connectivity index (χ2v) is 13.7. The van der Waals surface area contributed by atoms with Crippen LogP contribution in [0.15, 0.2) is 108 Å². The van der Waals surface area contributed by atoms with Crippen molar-refractivity contribution < 1.29 is 33.4 Å². The molecule has 12 nitrogen and oxygen atoms in total. The van der Waals surface area contributed by atoms with Gasteiger partial charge in [0.15, 0.2) is 6.61 Å². The van der Waals surface area contributed by atoms with Gasteiger partial charge in [-0.2, -0.15) is 0 Å². The van der Waals surface area contributed by atoms with Crippen LogP contribution in [0.5, 0.6) is 5.75 Å². The SMILES string of the molecule is CN(C(=O)COc1cccc(N(CC(=O)N(C)c2ccccc2)C(=O)CNC(=O)Nc2cccc(CC(=O)OC(C)(C)C)c2)c1)c1cccc(Br)c1. The van der Waals surface area contributed by atoms with Crippen molar-refractivity contribution in [1.29, 1.82) is 0 Å². The van der Waals surface area contributed by atoms with Gasteiger partial charge in [0.25, 0.3) is 5.91 Å². The molecule has 272 valence electrons. The lowest BCUT2D eigenvalue weighted by Crippen LogP contribution is -2.46. The smallest absolute Gasteiger partial charge is 0.319 e. The summed E-state index contributed by atoms with van der Waals surface area (Å²) in [4.78, 5) is 69.3. The highest BCUT2D eigenvalue weighted by Crippen LogP contribution is 2.24. The first-order valence-corrected chi connectivity index (χ1v) is 17.2. The highest BCUT2D eigenvalue weighted by molar-refractivity contribution is 9.10. The average Bonchev–Trinajstić information content (AvgIpc) is 3.10. The van der Waals surface area contributed by atoms with Crippen LogP contribution in [0.3, 0.4) is 0 Å². The summed E-state index contributed by atoms with van der Waals surface area (Å²) in [5, 5.41) is 5.22. The third-order valence-electron chi connectivity index (χ3n) is 7.53. The van der Waals surface area contributed by atoms with E-state index in [-0.39, 0.29) is 31.4 Å². The van der Waals surface area contributed by atoms with Crippen LogP contribution in [-0.4, -0.2) is 69.1 Å². The molecule has 4 aromatic rings. The van der Waals surface area contributed by atoms with Crippen molar-refractivity contribution in [2.45, 2.75) is 32.8 Å². The number of anilines is 4. The van der Waals surface area contributed by atoms with Gasteiger partial charge in [0.1, 0.15) is 17.9 Å². The zero-order valence-electron chi connectivity index (χ0n) is 29.7. The van der Waals surface area contributed by atoms with Gasteiger partial charge >= 0.3 is 12.0 Å². The summed E-state index contributed by atoms with van der Waals surface area (Å²) in [5.74, 6) is -1.37. The molecule has 4 aromatic carbocycles. The number of ether oxygens (including phenoxy) is 2. The van der Waals surface area contributed by atoms with Crippen LogP contribution < -0.4 is 30.1 Å². The van der Waals surface area contributed by atoms with Crippen molar-refractivity contribution in [1.82, 2.24) is 5.32 Å². The molecule has 0 aliphatic heterocycles. The van der Waals surface area contributed by atoms with Crippen LogP contribution in [0.2, 0.25) is 0 Å². The van der Waals surface area contributed by atoms with Crippen LogP contribution in [0.1, 0.15) is 26.3 Å². The maximum Gasteiger partial charge on any atom is 0.319 e. The average molecular weight is 773 g/mol. The topological polar surface area (TPSA) is 138 Å². The maximum atomic E-state index is 13.7. The Bertz CT molecular complexity index is 1900. The van der Waals surface area contributed by atoms with Gasteiger partial charge in [0.2, 0.25) is 11.8 Å². The molecule has 0 atom stereocenters. The molecule has 5 amide bonds. The van der Waals surface area contributed by atoms with E-state index >= 15 is 0 Å². The normalized spacial score (nSPS) is 10.8. The summed E-state index contributed by atoms with van der Waals surface area (Å²) in [6, 6.07) is 28.8. The largest absolute Gasteiger partial charge is 0.484 e. The lowest BCUT2D eigenvalue weighted by Gasteiger charge is -2.26. The Balaban J connectivity index is 1.45. The molecule has 0 aliphatic rings. The highest BCUT2D eigenvalue weighted by atomic mass is 79.9. The number of nitrogens with zero attached hydrogens (tertiary/aromatic N) is 3. The minimum Gasteiger partial charge on any atom is -0.484 e. The number of para-hydroxylation sites is 1. The van der Waals surface area contributed by atoms with Crippen LogP contribution in [-0.2, 0) is 30.3 Å². The van der Waals surface area contributed by atoms with E-state index in [9.17, 15) is 24.0 Å². The number of hydrogen-bond acceptors (Lipinski definition) is 7. The van der Waals surface area contributed by atoms with Crippen molar-refractivity contribution >= 4 is 68.4 Å². The third kappa shape index (κ3) is 12.0. The fraction of sp³-hybridized carbons (Fsp3) is 0.256. The van der Waals surface area contributed by atoms with Gasteiger partial charge in [-0.3, -0.25) is 19.2 Å². The molecular formula is C39H42BrN5O7. The summed E-state index contributed by atoms with van der Waals surface area (Å²) >= 11 is 3.41. The van der Waals surface area contributed by atoms with Crippen molar-refractivity contribution in [3.63, 3.8) is 0 Å². The molecule has 2 N–H and O–H groups in total. The lowest BCUT2D eigenvalue weighted by atomic mass is 10.1. The summed E-state index contributed by atoms with van der Waals surface area (Å²) in [7, 11) is 3.25. The number of urea groups is 1. The maximum absolute atomic E-state index is 13.7. The summed E-state index contributed by atoms with van der Waals surface area (Å²) < 4.78 is 12.0. The molecular weight excluding hydrogens is 730 g/mol. The molecule has 0 radical (unpaired) electrons. The number of amides is 5. The van der Waals surface area contributed by atoms with E-state index in [1.807, 2.05) is 24.3 Å². The number of likely N-dealkylation sites (N-methyl/N-ethyl adjacent to an activating group) is 2. The van der Waals surface area contributed by atoms with Crippen molar-refractivity contribution in [2.24, 2.45) is 0 Å². The predicted molar refractivity (Wildman–Crippen MR) is 205 cm³/mol. The second-order valence-electron chi connectivity index (χ2n) is 12.8. The van der Waals surface area contributed by atoms with Gasteiger partial charge in [-0.25, -0.2) is 4.79 Å². The van der Waals surface area contributed by atoms with Crippen LogP contribution in [0, 0.1) is 0 Å². The first kappa shape index (κ1) is 39.1. The number of benzene rings is 4. The van der Waals surface area contributed by atoms with Crippen molar-refractivity contribution in [3.8, 4) is 5.75 Å². The minimum absolute atomic E-state index is 0.0198. The van der Waals surface area contributed by atoms with Crippen LogP contribution in [0.4, 0.5) is 27.5 Å². The van der Waals surface area contributed by atoms with E-state index < -0.39 is 30.1 Å². The Morgan fingerprint density at radius 1 is 0.712 bits per heavy atom. The molecule has 0 spiro atoms. The van der Waals surface area contributed by atoms with E-state index in [2.05, 4.69) is 26.6 Å². The van der Waals surface area contributed by atoms with E-state index in [0.29, 0.717) is 34.1 Å². The van der Waals surface area contributed by atoms with Crippen LogP contribution in [0.25, 0.3) is 0 Å². The fourth-order valence-corrected chi connectivity index (χ4v) is 5.29. The monoisotopic (exact) mass is 771 g/mol. The molecule has 4 rings (SSSR count). The zero-order valence-corrected chi connectivity index (χ0v) is 31.3. The fourth-order valence-electron chi connectivity index (χ4n) is 4.90. The number of halogens is 1. The number of carbonyl (C=O) groups excluding carboxylic acids is 5. The molecule has 13 heteroatoms. The number of rotatable bonds is 13. The second kappa shape index (κ2) is 18.0. The summed E-state index contributed by atoms with van der Waals surface area (Å²) in [6.45, 7) is 4.27. The van der Waals surface area contributed by atoms with E-state index in [1.54, 1.807) is 114 Å². The molecule has 0 aromatic heterocycles. The number of carbonyl (C=O) groups is 5. The highest BCUT2D eigenvalue weighted by Gasteiger charge is 2.24. The lowest BCUT2D eigenvalue weighted by molar-refractivity contribution is -0.154. The van der Waals surface area contributed by atoms with E-state index in [0.717, 1.165) is 4.47 Å². The molecule has 0 bridgehead atoms. The van der Waals surface area contributed by atoms with Gasteiger partial charge in [-0.1, -0.05) is 58.4 Å². The molecule has 0 saturated carbocycles. The van der Waals surface area contributed by atoms with Gasteiger partial charge in [-0.05, 0) is 80.9 Å². The van der Waals surface area contributed by atoms with E-state index in [4.69, 9.17) is 9.47 Å². The van der Waals surface area contributed by atoms with Crippen molar-refractivity contribution in [3.05, 3.63) is 113 Å². The van der Waals surface area contributed by atoms with Gasteiger partial charge < -0.3 is 34.8 Å². The quantitative estimate of drug-likeness (QED) is 0.155. The molecule has 0 unspecified atom stereocenters. The van der Waals surface area contributed by atoms with Gasteiger partial charge in [0.05, 0.1) is 13.0 Å². The van der Waals surface area contributed by atoms with Crippen LogP contribution >= 0.6 is 15.9 Å². The Morgan fingerprint density at radius 2 is 1.37 bits per heavy atom. The molecule has 0 fully saturated rings. The molecule has 0 heterocycles. The number of nitrogens with one attached hydrogen (secondary N) is 2. The summed E-state index contributed by atoms with van der Waals surface area (Å²) in [6.07, 6.45) is 0.0198. The van der Waals surface area contributed by atoms with Gasteiger partial charge in [0, 0.05) is 47.4 Å². The minimum atomic E-state index is -0.666. The van der Waals surface area contributed by atoms with Crippen molar-refractivity contribution in [2.75, 3.05) is 53.8 Å². The molecule has 0 saturated heterocycles. The zero-order chi connectivity index (χ0) is 37.8. The van der Waals surface area contributed by atoms with Gasteiger partial charge in [-0.15, -0.1) is 0 Å². The Kier molecular flexibility index (Phi) is 13.5. The predicted octanol–water partition coefficient (Wildman–Crippen LogP) is 6.19. The Hall–Kier alpha value is -5.69. The number of esters is 1. The number of hydrogen-bond donors (Lipinski definition) is 2. The first-order chi connectivity index (χ1) is 24.7. The molecule has 52 heavy (non-hydrogen) atoms. The van der Waals surface area contributed by atoms with E-state index in [1.165, 1.54) is 14.7 Å². The first-order valence-electron chi connectivity index (χ1n) is 16.4. The standard InChI is InChI=1S/C39H42BrN5O7/c1-39(2,3)52-37(49)21-27-12-9-14-29(20-27)42-38(50)41-24-34(46)45(25-35(47)43(4)30-15-7-6-8-16-30)32-18-11-19-33(23-32)51-26-36(48)44(5)31-17-10-13-28(40)22-31/h6-20,22-23H,21,24-26H2,1-5H3,(H2,41,42,50). The Morgan fingerprint density at radius 3 is 2.08 bits per heavy atom. The Labute approximate surface area is 311 Å². The summed E-state index contributed by atoms with van der Waals surface area (Å²) in [5.41, 5.74) is 2.06.